The van der Waals surface area contributed by atoms with E-state index in [-0.39, 0.29) is 15.7 Å². The molecule has 0 amide bonds. The average molecular weight is 331 g/mol. The Balaban J connectivity index is 2.33. The van der Waals surface area contributed by atoms with Crippen LogP contribution in [-0.4, -0.2) is 20.2 Å². The van der Waals surface area contributed by atoms with Crippen molar-refractivity contribution in [3.05, 3.63) is 34.5 Å². The van der Waals surface area contributed by atoms with Crippen LogP contribution in [0.3, 0.4) is 0 Å². The van der Waals surface area contributed by atoms with E-state index in [1.165, 1.54) is 6.07 Å². The van der Waals surface area contributed by atoms with Gasteiger partial charge >= 0.3 is 0 Å². The molecule has 0 aliphatic rings. The Kier molecular flexibility index (Phi) is 4.43. The van der Waals surface area contributed by atoms with Crippen LogP contribution < -0.4 is 9.46 Å². The van der Waals surface area contributed by atoms with Crippen molar-refractivity contribution in [2.75, 3.05) is 11.3 Å². The second-order valence-electron chi connectivity index (χ2n) is 4.37. The molecule has 2 aromatic rings. The van der Waals surface area contributed by atoms with E-state index in [1.54, 1.807) is 26.0 Å². The zero-order valence-corrected chi connectivity index (χ0v) is 13.4. The van der Waals surface area contributed by atoms with E-state index in [9.17, 15) is 8.42 Å². The lowest BCUT2D eigenvalue weighted by Gasteiger charge is -2.10. The molecular weight excluding hydrogens is 316 g/mol. The monoisotopic (exact) mass is 330 g/mol. The minimum Gasteiger partial charge on any atom is -0.494 e. The lowest BCUT2D eigenvalue weighted by Crippen LogP contribution is -2.14. The van der Waals surface area contributed by atoms with Crippen LogP contribution in [0.1, 0.15) is 18.2 Å². The molecule has 1 heterocycles. The lowest BCUT2D eigenvalue weighted by molar-refractivity contribution is 0.339. The molecule has 2 rings (SSSR count). The zero-order chi connectivity index (χ0) is 15.6. The van der Waals surface area contributed by atoms with Gasteiger partial charge in [-0.3, -0.25) is 4.72 Å². The summed E-state index contributed by atoms with van der Waals surface area (Å²) in [5, 5.41) is 3.72. The third-order valence-electron chi connectivity index (χ3n) is 2.77. The molecule has 0 aliphatic heterocycles. The van der Waals surface area contributed by atoms with Crippen molar-refractivity contribution in [3.63, 3.8) is 0 Å². The summed E-state index contributed by atoms with van der Waals surface area (Å²) in [5.41, 5.74) is 0.560. The van der Waals surface area contributed by atoms with Gasteiger partial charge in [0.25, 0.3) is 10.0 Å². The number of nitrogens with zero attached hydrogens (tertiary/aromatic N) is 1. The predicted molar refractivity (Wildman–Crippen MR) is 79.4 cm³/mol. The summed E-state index contributed by atoms with van der Waals surface area (Å²) >= 11 is 5.91. The molecule has 0 unspecified atom stereocenters. The summed E-state index contributed by atoms with van der Waals surface area (Å²) in [6.07, 6.45) is 0. The standard InChI is InChI=1S/C13H15ClN2O4S/c1-4-19-10-5-6-11(8(2)7-10)21(17,18)16-13-12(14)9(3)20-15-13/h5-7H,4H2,1-3H3,(H,15,16). The van der Waals surface area contributed by atoms with E-state index in [0.717, 1.165) is 0 Å². The van der Waals surface area contributed by atoms with Gasteiger partial charge in [-0.05, 0) is 44.5 Å². The van der Waals surface area contributed by atoms with Crippen LogP contribution in [-0.2, 0) is 10.0 Å². The number of rotatable bonds is 5. The average Bonchev–Trinajstić information content (AvgIpc) is 2.70. The first kappa shape index (κ1) is 15.7. The van der Waals surface area contributed by atoms with Crippen molar-refractivity contribution < 1.29 is 17.7 Å². The number of aryl methyl sites for hydroxylation is 2. The number of hydrogen-bond donors (Lipinski definition) is 1. The molecule has 0 saturated heterocycles. The minimum absolute atomic E-state index is 0.0255. The van der Waals surface area contributed by atoms with Gasteiger partial charge < -0.3 is 9.26 Å². The summed E-state index contributed by atoms with van der Waals surface area (Å²) in [4.78, 5) is 0.127. The summed E-state index contributed by atoms with van der Waals surface area (Å²) in [6.45, 7) is 5.65. The highest BCUT2D eigenvalue weighted by Crippen LogP contribution is 2.28. The van der Waals surface area contributed by atoms with Gasteiger partial charge in [0, 0.05) is 0 Å². The first-order valence-electron chi connectivity index (χ1n) is 6.23. The Morgan fingerprint density at radius 3 is 2.62 bits per heavy atom. The van der Waals surface area contributed by atoms with Crippen molar-refractivity contribution >= 4 is 27.4 Å². The van der Waals surface area contributed by atoms with Gasteiger partial charge in [0.15, 0.2) is 5.76 Å². The molecule has 21 heavy (non-hydrogen) atoms. The van der Waals surface area contributed by atoms with Crippen LogP contribution in [0.4, 0.5) is 5.82 Å². The van der Waals surface area contributed by atoms with Crippen LogP contribution in [0.25, 0.3) is 0 Å². The molecule has 1 aromatic heterocycles. The molecule has 0 aliphatic carbocycles. The van der Waals surface area contributed by atoms with Crippen molar-refractivity contribution in [2.45, 2.75) is 25.7 Å². The maximum atomic E-state index is 12.4. The van der Waals surface area contributed by atoms with E-state index in [2.05, 4.69) is 9.88 Å². The highest BCUT2D eigenvalue weighted by atomic mass is 35.5. The lowest BCUT2D eigenvalue weighted by atomic mass is 10.2. The number of ether oxygens (including phenoxy) is 1. The van der Waals surface area contributed by atoms with Crippen molar-refractivity contribution in [1.82, 2.24) is 5.16 Å². The summed E-state index contributed by atoms with van der Waals surface area (Å²) < 4.78 is 37.2. The van der Waals surface area contributed by atoms with Gasteiger partial charge in [-0.2, -0.15) is 0 Å². The molecule has 0 radical (unpaired) electrons. The van der Waals surface area contributed by atoms with Gasteiger partial charge in [-0.15, -0.1) is 0 Å². The SMILES string of the molecule is CCOc1ccc(S(=O)(=O)Nc2noc(C)c2Cl)c(C)c1. The van der Waals surface area contributed by atoms with E-state index in [4.69, 9.17) is 20.9 Å². The van der Waals surface area contributed by atoms with Crippen molar-refractivity contribution in [3.8, 4) is 5.75 Å². The van der Waals surface area contributed by atoms with Crippen LogP contribution in [0, 0.1) is 13.8 Å². The number of anilines is 1. The molecule has 1 aromatic carbocycles. The fourth-order valence-corrected chi connectivity index (χ4v) is 3.19. The molecule has 6 nitrogen and oxygen atoms in total. The molecule has 0 saturated carbocycles. The van der Waals surface area contributed by atoms with Gasteiger partial charge in [-0.25, -0.2) is 8.42 Å². The highest BCUT2D eigenvalue weighted by molar-refractivity contribution is 7.92. The number of benzene rings is 1. The topological polar surface area (TPSA) is 81.4 Å². The Morgan fingerprint density at radius 2 is 2.10 bits per heavy atom. The molecule has 114 valence electrons. The fraction of sp³-hybridized carbons (Fsp3) is 0.308. The minimum atomic E-state index is -3.80. The fourth-order valence-electron chi connectivity index (χ4n) is 1.79. The van der Waals surface area contributed by atoms with Gasteiger partial charge in [0.1, 0.15) is 10.8 Å². The van der Waals surface area contributed by atoms with E-state index >= 15 is 0 Å². The number of sulfonamides is 1. The number of hydrogen-bond acceptors (Lipinski definition) is 5. The van der Waals surface area contributed by atoms with Gasteiger partial charge in [0.2, 0.25) is 5.82 Å². The first-order valence-corrected chi connectivity index (χ1v) is 8.09. The molecule has 8 heteroatoms. The Bertz CT molecular complexity index is 756. The Labute approximate surface area is 128 Å². The third kappa shape index (κ3) is 3.30. The van der Waals surface area contributed by atoms with E-state index in [0.29, 0.717) is 23.7 Å². The molecular formula is C13H15ClN2O4S. The van der Waals surface area contributed by atoms with Crippen LogP contribution in [0.2, 0.25) is 5.02 Å². The normalized spacial score (nSPS) is 11.4. The maximum Gasteiger partial charge on any atom is 0.263 e. The summed E-state index contributed by atoms with van der Waals surface area (Å²) in [7, 11) is -3.80. The smallest absolute Gasteiger partial charge is 0.263 e. The quantitative estimate of drug-likeness (QED) is 0.910. The van der Waals surface area contributed by atoms with E-state index < -0.39 is 10.0 Å². The highest BCUT2D eigenvalue weighted by Gasteiger charge is 2.21. The molecule has 1 N–H and O–H groups in total. The van der Waals surface area contributed by atoms with Crippen LogP contribution in [0.5, 0.6) is 5.75 Å². The number of aromatic nitrogens is 1. The Hall–Kier alpha value is -1.73. The summed E-state index contributed by atoms with van der Waals surface area (Å²) in [6, 6.07) is 4.73. The Morgan fingerprint density at radius 1 is 1.38 bits per heavy atom. The van der Waals surface area contributed by atoms with Crippen molar-refractivity contribution in [1.29, 1.82) is 0 Å². The number of halogens is 1. The molecule has 0 atom stereocenters. The maximum absolute atomic E-state index is 12.4. The molecule has 0 bridgehead atoms. The second kappa shape index (κ2) is 5.95. The third-order valence-corrected chi connectivity index (χ3v) is 4.71. The van der Waals surface area contributed by atoms with Gasteiger partial charge in [-0.1, -0.05) is 16.8 Å². The van der Waals surface area contributed by atoms with Crippen LogP contribution >= 0.6 is 11.6 Å². The molecule has 0 fully saturated rings. The zero-order valence-electron chi connectivity index (χ0n) is 11.8. The summed E-state index contributed by atoms with van der Waals surface area (Å²) in [5.74, 6) is 0.935. The predicted octanol–water partition coefficient (Wildman–Crippen LogP) is 3.14. The largest absolute Gasteiger partial charge is 0.494 e. The van der Waals surface area contributed by atoms with Gasteiger partial charge in [0.05, 0.1) is 11.5 Å². The van der Waals surface area contributed by atoms with E-state index in [1.807, 2.05) is 6.92 Å². The first-order chi connectivity index (χ1) is 9.85. The van der Waals surface area contributed by atoms with Crippen molar-refractivity contribution in [2.24, 2.45) is 0 Å². The second-order valence-corrected chi connectivity index (χ2v) is 6.40. The molecule has 0 spiro atoms. The number of nitrogens with one attached hydrogen (secondary N) is 1. The van der Waals surface area contributed by atoms with Crippen LogP contribution in [0.15, 0.2) is 27.6 Å².